The third kappa shape index (κ3) is 2.60. The number of rotatable bonds is 3. The lowest BCUT2D eigenvalue weighted by molar-refractivity contribution is 0.0981. The number of nitrogen functional groups attached to an aromatic ring is 1. The zero-order valence-electron chi connectivity index (χ0n) is 16.6. The van der Waals surface area contributed by atoms with E-state index in [1.165, 1.54) is 12.0 Å². The molecule has 9 nitrogen and oxygen atoms in total. The van der Waals surface area contributed by atoms with Crippen LogP contribution in [0.5, 0.6) is 0 Å². The number of aromatic nitrogens is 4. The van der Waals surface area contributed by atoms with Crippen molar-refractivity contribution in [2.75, 3.05) is 54.9 Å². The van der Waals surface area contributed by atoms with Crippen molar-refractivity contribution in [1.82, 2.24) is 25.3 Å². The number of piperidine rings is 1. The first-order valence-corrected chi connectivity index (χ1v) is 10.5. The Kier molecular flexibility index (Phi) is 3.73. The van der Waals surface area contributed by atoms with Crippen LogP contribution in [-0.2, 0) is 11.2 Å². The van der Waals surface area contributed by atoms with Gasteiger partial charge in [-0.3, -0.25) is 0 Å². The van der Waals surface area contributed by atoms with Gasteiger partial charge in [0.2, 0.25) is 11.9 Å². The van der Waals surface area contributed by atoms with Crippen molar-refractivity contribution in [2.24, 2.45) is 5.92 Å². The summed E-state index contributed by atoms with van der Waals surface area (Å²) in [6.07, 6.45) is 5.75. The van der Waals surface area contributed by atoms with Crippen molar-refractivity contribution >= 4 is 17.7 Å². The number of hydrogen-bond acceptors (Lipinski definition) is 9. The molecule has 1 aliphatic carbocycles. The van der Waals surface area contributed by atoms with Crippen molar-refractivity contribution in [1.29, 1.82) is 0 Å². The summed E-state index contributed by atoms with van der Waals surface area (Å²) >= 11 is 0. The average Bonchev–Trinajstić information content (AvgIpc) is 3.08. The van der Waals surface area contributed by atoms with Crippen LogP contribution >= 0.6 is 0 Å². The van der Waals surface area contributed by atoms with Crippen LogP contribution in [0.1, 0.15) is 18.9 Å². The first-order chi connectivity index (χ1) is 14.2. The van der Waals surface area contributed by atoms with Crippen molar-refractivity contribution in [3.63, 3.8) is 0 Å². The maximum Gasteiger partial charge on any atom is 0.228 e. The van der Waals surface area contributed by atoms with Crippen molar-refractivity contribution in [2.45, 2.75) is 31.3 Å². The van der Waals surface area contributed by atoms with Gasteiger partial charge in [-0.25, -0.2) is 15.0 Å². The Hall–Kier alpha value is -2.52. The van der Waals surface area contributed by atoms with Crippen LogP contribution in [0.2, 0.25) is 0 Å². The number of fused-ring (bicyclic) bond motifs is 2. The van der Waals surface area contributed by atoms with Gasteiger partial charge in [0.05, 0.1) is 30.5 Å². The van der Waals surface area contributed by atoms with Crippen LogP contribution in [0.4, 0.5) is 17.7 Å². The molecule has 0 bridgehead atoms. The van der Waals surface area contributed by atoms with E-state index in [-0.39, 0.29) is 17.5 Å². The fourth-order valence-electron chi connectivity index (χ4n) is 5.26. The van der Waals surface area contributed by atoms with E-state index >= 15 is 0 Å². The van der Waals surface area contributed by atoms with E-state index in [0.717, 1.165) is 61.5 Å². The van der Waals surface area contributed by atoms with Gasteiger partial charge >= 0.3 is 0 Å². The van der Waals surface area contributed by atoms with Crippen LogP contribution < -0.4 is 20.9 Å². The lowest BCUT2D eigenvalue weighted by Crippen LogP contribution is -2.45. The van der Waals surface area contributed by atoms with Crippen LogP contribution in [-0.4, -0.2) is 70.9 Å². The first-order valence-electron chi connectivity index (χ1n) is 10.5. The molecule has 5 heterocycles. The van der Waals surface area contributed by atoms with E-state index < -0.39 is 0 Å². The van der Waals surface area contributed by atoms with E-state index in [0.29, 0.717) is 13.2 Å². The van der Waals surface area contributed by atoms with Gasteiger partial charge in [-0.2, -0.15) is 4.98 Å². The number of ether oxygens (including phenoxy) is 1. The van der Waals surface area contributed by atoms with Gasteiger partial charge in [-0.15, -0.1) is 0 Å². The number of nitrogens with one attached hydrogen (secondary N) is 1. The predicted molar refractivity (Wildman–Crippen MR) is 110 cm³/mol. The fraction of sp³-hybridized carbons (Fsp3) is 0.600. The standard InChI is InChI=1S/C20H26N8O/c1-12-10-29-5-4-27(12)19-25-16(13-7-23-18(21)24-8-13)15-2-3-28(17(15)26-19)20-6-14(20)9-22-11-20/h7-8,12,14,22H,2-6,9-11H2,1H3,(H2,21,23,24)/t12-,14-,20-/m0/s1. The van der Waals surface area contributed by atoms with Gasteiger partial charge < -0.3 is 25.6 Å². The quantitative estimate of drug-likeness (QED) is 0.768. The molecule has 29 heavy (non-hydrogen) atoms. The molecule has 6 rings (SSSR count). The van der Waals surface area contributed by atoms with Gasteiger partial charge in [0.15, 0.2) is 0 Å². The van der Waals surface area contributed by atoms with E-state index in [1.54, 1.807) is 12.4 Å². The minimum absolute atomic E-state index is 0.238. The smallest absolute Gasteiger partial charge is 0.228 e. The summed E-state index contributed by atoms with van der Waals surface area (Å²) in [6, 6.07) is 0.243. The highest BCUT2D eigenvalue weighted by Gasteiger charge is 2.62. The molecule has 2 aromatic heterocycles. The molecule has 0 radical (unpaired) electrons. The summed E-state index contributed by atoms with van der Waals surface area (Å²) in [5, 5.41) is 3.56. The zero-order chi connectivity index (χ0) is 19.6. The molecular weight excluding hydrogens is 368 g/mol. The molecule has 3 aliphatic heterocycles. The molecule has 4 aliphatic rings. The Bertz CT molecular complexity index is 950. The maximum absolute atomic E-state index is 5.72. The molecule has 0 unspecified atom stereocenters. The molecule has 152 valence electrons. The topological polar surface area (TPSA) is 105 Å². The second kappa shape index (κ2) is 6.24. The summed E-state index contributed by atoms with van der Waals surface area (Å²) in [4.78, 5) is 23.4. The number of morpholine rings is 1. The average molecular weight is 394 g/mol. The first kappa shape index (κ1) is 17.3. The molecule has 2 saturated heterocycles. The number of hydrogen-bond donors (Lipinski definition) is 2. The Morgan fingerprint density at radius 1 is 1.24 bits per heavy atom. The minimum Gasteiger partial charge on any atom is -0.377 e. The third-order valence-electron chi connectivity index (χ3n) is 6.94. The molecule has 0 amide bonds. The minimum atomic E-state index is 0.238. The van der Waals surface area contributed by atoms with Crippen molar-refractivity contribution in [3.05, 3.63) is 18.0 Å². The molecule has 0 spiro atoms. The normalized spacial score (nSPS) is 30.4. The number of nitrogens with zero attached hydrogens (tertiary/aromatic N) is 6. The highest BCUT2D eigenvalue weighted by Crippen LogP contribution is 2.54. The number of nitrogens with two attached hydrogens (primary N) is 1. The summed E-state index contributed by atoms with van der Waals surface area (Å²) in [5.41, 5.74) is 9.00. The van der Waals surface area contributed by atoms with E-state index in [9.17, 15) is 0 Å². The molecule has 3 N–H and O–H groups in total. The SMILES string of the molecule is C[C@H]1COCCN1c1nc(-c2cnc(N)nc2)c2c(n1)N([C@@]13CNC[C@@H]1C3)CC2. The second-order valence-corrected chi connectivity index (χ2v) is 8.66. The Morgan fingerprint density at radius 3 is 2.83 bits per heavy atom. The molecule has 2 aromatic rings. The van der Waals surface area contributed by atoms with Gasteiger partial charge in [-0.1, -0.05) is 0 Å². The molecule has 3 fully saturated rings. The van der Waals surface area contributed by atoms with Crippen molar-refractivity contribution < 1.29 is 4.74 Å². The summed E-state index contributed by atoms with van der Waals surface area (Å²) in [7, 11) is 0. The Labute approximate surface area is 169 Å². The Balaban J connectivity index is 1.48. The van der Waals surface area contributed by atoms with Crippen LogP contribution in [0.3, 0.4) is 0 Å². The second-order valence-electron chi connectivity index (χ2n) is 8.66. The predicted octanol–water partition coefficient (Wildman–Crippen LogP) is 0.465. The highest BCUT2D eigenvalue weighted by atomic mass is 16.5. The molecule has 3 atom stereocenters. The van der Waals surface area contributed by atoms with Gasteiger partial charge in [0, 0.05) is 49.7 Å². The summed E-state index contributed by atoms with van der Waals surface area (Å²) in [5.74, 6) is 2.88. The van der Waals surface area contributed by atoms with Crippen LogP contribution in [0, 0.1) is 5.92 Å². The summed E-state index contributed by atoms with van der Waals surface area (Å²) < 4.78 is 5.63. The molecular formula is C20H26N8O. The zero-order valence-corrected chi connectivity index (χ0v) is 16.6. The van der Waals surface area contributed by atoms with Gasteiger partial charge in [0.1, 0.15) is 5.82 Å². The van der Waals surface area contributed by atoms with Gasteiger partial charge in [-0.05, 0) is 25.7 Å². The van der Waals surface area contributed by atoms with E-state index in [2.05, 4.69) is 32.0 Å². The molecule has 1 saturated carbocycles. The maximum atomic E-state index is 5.72. The third-order valence-corrected chi connectivity index (χ3v) is 6.94. The van der Waals surface area contributed by atoms with Crippen LogP contribution in [0.15, 0.2) is 12.4 Å². The fourth-order valence-corrected chi connectivity index (χ4v) is 5.26. The van der Waals surface area contributed by atoms with Crippen LogP contribution in [0.25, 0.3) is 11.3 Å². The van der Waals surface area contributed by atoms with E-state index in [4.69, 9.17) is 20.4 Å². The monoisotopic (exact) mass is 394 g/mol. The molecule has 9 heteroatoms. The van der Waals surface area contributed by atoms with Gasteiger partial charge in [0.25, 0.3) is 0 Å². The number of anilines is 3. The van der Waals surface area contributed by atoms with Crippen molar-refractivity contribution in [3.8, 4) is 11.3 Å². The lowest BCUT2D eigenvalue weighted by Gasteiger charge is -2.34. The highest BCUT2D eigenvalue weighted by molar-refractivity contribution is 5.73. The lowest BCUT2D eigenvalue weighted by atomic mass is 10.1. The molecule has 0 aromatic carbocycles. The largest absolute Gasteiger partial charge is 0.377 e. The summed E-state index contributed by atoms with van der Waals surface area (Å²) in [6.45, 7) is 7.51. The van der Waals surface area contributed by atoms with E-state index in [1.807, 2.05) is 0 Å². The Morgan fingerprint density at radius 2 is 2.10 bits per heavy atom.